The van der Waals surface area contributed by atoms with Crippen molar-refractivity contribution >= 4 is 21.9 Å². The molecule has 4 heteroatoms. The average molecular weight is 338 g/mol. The number of furan rings is 1. The molecule has 0 fully saturated rings. The van der Waals surface area contributed by atoms with E-state index in [1.165, 1.54) is 5.57 Å². The molecule has 0 aliphatic carbocycles. The van der Waals surface area contributed by atoms with Crippen LogP contribution in [0.4, 0.5) is 0 Å². The van der Waals surface area contributed by atoms with E-state index in [9.17, 15) is 4.79 Å². The summed E-state index contributed by atoms with van der Waals surface area (Å²) in [6, 6.07) is 7.27. The van der Waals surface area contributed by atoms with Crippen LogP contribution in [0.5, 0.6) is 5.75 Å². The van der Waals surface area contributed by atoms with E-state index in [0.717, 1.165) is 22.8 Å². The molecule has 0 spiro atoms. The fourth-order valence-corrected chi connectivity index (χ4v) is 2.75. The Balaban J connectivity index is 2.00. The molecule has 1 unspecified atom stereocenters. The third-order valence-electron chi connectivity index (χ3n) is 4.09. The molecule has 0 saturated carbocycles. The molecule has 0 aliphatic rings. The van der Waals surface area contributed by atoms with Crippen LogP contribution in [0.15, 0.2) is 67.5 Å². The lowest BCUT2D eigenvalue weighted by atomic mass is 10.1. The van der Waals surface area contributed by atoms with Crippen LogP contribution in [0, 0.1) is 0 Å². The van der Waals surface area contributed by atoms with Gasteiger partial charge in [0.15, 0.2) is 0 Å². The van der Waals surface area contributed by atoms with Crippen LogP contribution in [-0.4, -0.2) is 6.10 Å². The molecule has 4 nitrogen and oxygen atoms in total. The smallest absolute Gasteiger partial charge is 0.379 e. The Labute approximate surface area is 146 Å². The molecule has 3 rings (SSSR count). The second-order valence-electron chi connectivity index (χ2n) is 6.49. The van der Waals surface area contributed by atoms with E-state index in [0.29, 0.717) is 11.2 Å². The van der Waals surface area contributed by atoms with E-state index in [1.807, 2.05) is 52.0 Å². The van der Waals surface area contributed by atoms with Gasteiger partial charge in [0.05, 0.1) is 6.26 Å². The molecule has 0 amide bonds. The second kappa shape index (κ2) is 7.01. The molecule has 1 aromatic carbocycles. The van der Waals surface area contributed by atoms with Crippen LogP contribution in [0.2, 0.25) is 0 Å². The van der Waals surface area contributed by atoms with Gasteiger partial charge in [-0.2, -0.15) is 0 Å². The lowest BCUT2D eigenvalue weighted by molar-refractivity contribution is 0.238. The molecule has 2 aromatic heterocycles. The number of fused-ring (bicyclic) bond motifs is 2. The monoisotopic (exact) mass is 338 g/mol. The Morgan fingerprint density at radius 2 is 1.96 bits per heavy atom. The Hall–Kier alpha value is -2.75. The van der Waals surface area contributed by atoms with Crippen molar-refractivity contribution in [2.24, 2.45) is 0 Å². The van der Waals surface area contributed by atoms with Crippen molar-refractivity contribution < 1.29 is 13.6 Å². The summed E-state index contributed by atoms with van der Waals surface area (Å²) in [4.78, 5) is 12.3. The minimum atomic E-state index is -0.483. The maximum Gasteiger partial charge on any atom is 0.379 e. The molecule has 0 N–H and O–H groups in total. The van der Waals surface area contributed by atoms with Gasteiger partial charge in [-0.25, -0.2) is 4.79 Å². The maximum absolute atomic E-state index is 12.3. The Kier molecular flexibility index (Phi) is 4.79. The fourth-order valence-electron chi connectivity index (χ4n) is 2.75. The van der Waals surface area contributed by atoms with E-state index in [4.69, 9.17) is 13.6 Å². The molecule has 130 valence electrons. The Morgan fingerprint density at radius 3 is 2.68 bits per heavy atom. The van der Waals surface area contributed by atoms with Gasteiger partial charge < -0.3 is 13.6 Å². The average Bonchev–Trinajstić information content (AvgIpc) is 3.00. The minimum absolute atomic E-state index is 0.209. The first kappa shape index (κ1) is 17.1. The molecule has 25 heavy (non-hydrogen) atoms. The molecular weight excluding hydrogens is 316 g/mol. The third kappa shape index (κ3) is 3.85. The van der Waals surface area contributed by atoms with Crippen LogP contribution in [0.3, 0.4) is 0 Å². The number of hydrogen-bond acceptors (Lipinski definition) is 4. The van der Waals surface area contributed by atoms with Gasteiger partial charge in [0.25, 0.3) is 0 Å². The van der Waals surface area contributed by atoms with E-state index < -0.39 is 5.63 Å². The van der Waals surface area contributed by atoms with Crippen molar-refractivity contribution in [3.8, 4) is 5.75 Å². The standard InChI is InChI=1S/C21H22O4/c1-5-14(4)9-17(8-13(2)3)24-20-11-16-10-15-6-7-23-18(15)12-19(16)25-21(20)22/h5-8,10-12,17H,9H2,1-4H3/b14-5+. The fraction of sp³-hybridized carbons (Fsp3) is 0.286. The molecule has 0 saturated heterocycles. The Bertz CT molecular complexity index is 1010. The van der Waals surface area contributed by atoms with E-state index in [2.05, 4.69) is 0 Å². The van der Waals surface area contributed by atoms with Crippen molar-refractivity contribution in [1.29, 1.82) is 0 Å². The topological polar surface area (TPSA) is 52.6 Å². The first-order chi connectivity index (χ1) is 12.0. The van der Waals surface area contributed by atoms with Crippen molar-refractivity contribution in [2.75, 3.05) is 0 Å². The SMILES string of the molecule is C/C=C(\C)CC(C=C(C)C)Oc1cc2cc3ccoc3cc2oc1=O. The lowest BCUT2D eigenvalue weighted by Gasteiger charge is -2.16. The largest absolute Gasteiger partial charge is 0.479 e. The predicted molar refractivity (Wildman–Crippen MR) is 100 cm³/mol. The summed E-state index contributed by atoms with van der Waals surface area (Å²) >= 11 is 0. The molecule has 0 aliphatic heterocycles. The highest BCUT2D eigenvalue weighted by Gasteiger charge is 2.14. The molecule has 2 heterocycles. The van der Waals surface area contributed by atoms with Crippen molar-refractivity contribution in [3.05, 3.63) is 64.2 Å². The van der Waals surface area contributed by atoms with Crippen molar-refractivity contribution in [3.63, 3.8) is 0 Å². The maximum atomic E-state index is 12.3. The minimum Gasteiger partial charge on any atom is -0.479 e. The molecule has 0 bridgehead atoms. The number of allylic oxidation sites excluding steroid dienone is 2. The van der Waals surface area contributed by atoms with Crippen molar-refractivity contribution in [1.82, 2.24) is 0 Å². The van der Waals surface area contributed by atoms with Gasteiger partial charge in [0.2, 0.25) is 5.75 Å². The number of hydrogen-bond donors (Lipinski definition) is 0. The van der Waals surface area contributed by atoms with E-state index in [-0.39, 0.29) is 11.9 Å². The first-order valence-electron chi connectivity index (χ1n) is 8.35. The first-order valence-corrected chi connectivity index (χ1v) is 8.35. The zero-order valence-electron chi connectivity index (χ0n) is 15.0. The zero-order chi connectivity index (χ0) is 18.0. The van der Waals surface area contributed by atoms with Gasteiger partial charge in [-0.15, -0.1) is 0 Å². The van der Waals surface area contributed by atoms with Crippen LogP contribution < -0.4 is 10.4 Å². The van der Waals surface area contributed by atoms with Crippen molar-refractivity contribution in [2.45, 2.75) is 40.2 Å². The van der Waals surface area contributed by atoms with Gasteiger partial charge >= 0.3 is 5.63 Å². The zero-order valence-corrected chi connectivity index (χ0v) is 15.0. The van der Waals surface area contributed by atoms with Gasteiger partial charge in [-0.3, -0.25) is 0 Å². The van der Waals surface area contributed by atoms with Crippen LogP contribution in [-0.2, 0) is 0 Å². The third-order valence-corrected chi connectivity index (χ3v) is 4.09. The highest BCUT2D eigenvalue weighted by molar-refractivity contribution is 5.93. The van der Waals surface area contributed by atoms with Gasteiger partial charge in [0.1, 0.15) is 17.3 Å². The number of rotatable bonds is 5. The quantitative estimate of drug-likeness (QED) is 0.448. The van der Waals surface area contributed by atoms with Crippen LogP contribution in [0.1, 0.15) is 34.1 Å². The molecule has 1 atom stereocenters. The molecular formula is C21H22O4. The highest BCUT2D eigenvalue weighted by Crippen LogP contribution is 2.25. The van der Waals surface area contributed by atoms with Gasteiger partial charge in [-0.1, -0.05) is 17.2 Å². The second-order valence-corrected chi connectivity index (χ2v) is 6.49. The van der Waals surface area contributed by atoms with Crippen LogP contribution in [0.25, 0.3) is 21.9 Å². The van der Waals surface area contributed by atoms with E-state index in [1.54, 1.807) is 18.4 Å². The summed E-state index contributed by atoms with van der Waals surface area (Å²) in [5.41, 5.74) is 3.04. The summed E-state index contributed by atoms with van der Waals surface area (Å²) in [5.74, 6) is 0.224. The summed E-state index contributed by atoms with van der Waals surface area (Å²) in [7, 11) is 0. The summed E-state index contributed by atoms with van der Waals surface area (Å²) < 4.78 is 16.8. The predicted octanol–water partition coefficient (Wildman–Crippen LogP) is 5.61. The molecule has 0 radical (unpaired) electrons. The van der Waals surface area contributed by atoms with Crippen LogP contribution >= 0.6 is 0 Å². The normalized spacial score (nSPS) is 13.2. The highest BCUT2D eigenvalue weighted by atomic mass is 16.5. The van der Waals surface area contributed by atoms with Gasteiger partial charge in [-0.05, 0) is 52.0 Å². The van der Waals surface area contributed by atoms with Gasteiger partial charge in [0, 0.05) is 23.3 Å². The lowest BCUT2D eigenvalue weighted by Crippen LogP contribution is -2.18. The summed E-state index contributed by atoms with van der Waals surface area (Å²) in [6.07, 6.45) is 6.20. The summed E-state index contributed by atoms with van der Waals surface area (Å²) in [5, 5.41) is 1.76. The van der Waals surface area contributed by atoms with E-state index >= 15 is 0 Å². The number of benzene rings is 1. The molecule has 3 aromatic rings. The number of ether oxygens (including phenoxy) is 1. The Morgan fingerprint density at radius 1 is 1.16 bits per heavy atom. The summed E-state index contributed by atoms with van der Waals surface area (Å²) in [6.45, 7) is 8.07.